The second kappa shape index (κ2) is 7.49. The van der Waals surface area contributed by atoms with Crippen LogP contribution in [0.25, 0.3) is 0 Å². The summed E-state index contributed by atoms with van der Waals surface area (Å²) in [6.07, 6.45) is 4.52. The van der Waals surface area contributed by atoms with Crippen LogP contribution in [0.4, 0.5) is 5.82 Å². The summed E-state index contributed by atoms with van der Waals surface area (Å²) in [4.78, 5) is 8.99. The van der Waals surface area contributed by atoms with Crippen molar-refractivity contribution in [1.82, 2.24) is 9.97 Å². The van der Waals surface area contributed by atoms with Gasteiger partial charge < -0.3 is 5.32 Å². The smallest absolute Gasteiger partial charge is 0.132 e. The Morgan fingerprint density at radius 1 is 1.25 bits per heavy atom. The number of unbranched alkanes of at least 4 members (excludes halogenated alkanes) is 1. The lowest BCUT2D eigenvalue weighted by molar-refractivity contribution is 0.810. The molecule has 0 radical (unpaired) electrons. The number of hydrogen-bond acceptors (Lipinski definition) is 4. The molecule has 0 aliphatic heterocycles. The van der Waals surface area contributed by atoms with E-state index in [1.165, 1.54) is 12.8 Å². The second-order valence-electron chi connectivity index (χ2n) is 3.71. The minimum Gasteiger partial charge on any atom is -0.373 e. The first kappa shape index (κ1) is 13.3. The Balaban J connectivity index is 2.69. The molecule has 0 atom stereocenters. The number of anilines is 1. The number of aromatic nitrogens is 2. The van der Waals surface area contributed by atoms with Crippen LogP contribution in [-0.2, 0) is 6.42 Å². The lowest BCUT2D eigenvalue weighted by atomic mass is 10.3. The van der Waals surface area contributed by atoms with Crippen LogP contribution in [-0.4, -0.2) is 22.8 Å². The molecule has 0 amide bonds. The molecule has 1 heterocycles. The lowest BCUT2D eigenvalue weighted by Crippen LogP contribution is -2.01. The van der Waals surface area contributed by atoms with E-state index in [-0.39, 0.29) is 0 Å². The summed E-state index contributed by atoms with van der Waals surface area (Å²) in [6, 6.07) is 2.03. The molecule has 1 rings (SSSR count). The Hall–Kier alpha value is -0.770. The highest BCUT2D eigenvalue weighted by Crippen LogP contribution is 2.20. The summed E-state index contributed by atoms with van der Waals surface area (Å²) in [6.45, 7) is 4.36. The van der Waals surface area contributed by atoms with Gasteiger partial charge in [0.05, 0.1) is 0 Å². The van der Waals surface area contributed by atoms with Gasteiger partial charge in [-0.2, -0.15) is 0 Å². The van der Waals surface area contributed by atoms with Gasteiger partial charge in [0.1, 0.15) is 16.7 Å². The molecule has 0 aromatic carbocycles. The Kier molecular flexibility index (Phi) is 6.23. The van der Waals surface area contributed by atoms with Crippen LogP contribution in [0.2, 0.25) is 0 Å². The summed E-state index contributed by atoms with van der Waals surface area (Å²) >= 11 is 1.82. The molecule has 0 aliphatic carbocycles. The van der Waals surface area contributed by atoms with Crippen molar-refractivity contribution in [2.45, 2.75) is 44.6 Å². The van der Waals surface area contributed by atoms with Gasteiger partial charge in [-0.3, -0.25) is 0 Å². The van der Waals surface area contributed by atoms with Crippen LogP contribution >= 0.6 is 11.8 Å². The number of nitrogens with zero attached hydrogens (tertiary/aromatic N) is 2. The van der Waals surface area contributed by atoms with Gasteiger partial charge in [-0.05, 0) is 18.6 Å². The van der Waals surface area contributed by atoms with Crippen molar-refractivity contribution in [3.05, 3.63) is 11.9 Å². The van der Waals surface area contributed by atoms with E-state index in [9.17, 15) is 0 Å². The minimum atomic E-state index is 0.928. The number of rotatable bonds is 7. The van der Waals surface area contributed by atoms with E-state index < -0.39 is 0 Å². The van der Waals surface area contributed by atoms with Gasteiger partial charge in [-0.25, -0.2) is 9.97 Å². The molecule has 1 N–H and O–H groups in total. The van der Waals surface area contributed by atoms with E-state index in [4.69, 9.17) is 0 Å². The first-order valence-electron chi connectivity index (χ1n) is 5.98. The highest BCUT2D eigenvalue weighted by atomic mass is 32.2. The van der Waals surface area contributed by atoms with Crippen LogP contribution in [0.15, 0.2) is 11.1 Å². The maximum atomic E-state index is 4.55. The number of nitrogens with one attached hydrogen (secondary N) is 1. The third-order valence-electron chi connectivity index (χ3n) is 2.23. The Labute approximate surface area is 102 Å². The third kappa shape index (κ3) is 4.39. The molecule has 1 aromatic heterocycles. The summed E-state index contributed by atoms with van der Waals surface area (Å²) in [5, 5.41) is 4.19. The Morgan fingerprint density at radius 2 is 2.06 bits per heavy atom. The molecule has 0 unspecified atom stereocenters. The lowest BCUT2D eigenvalue weighted by Gasteiger charge is -2.06. The van der Waals surface area contributed by atoms with Crippen molar-refractivity contribution in [3.8, 4) is 0 Å². The van der Waals surface area contributed by atoms with Gasteiger partial charge in [-0.1, -0.05) is 20.3 Å². The summed E-state index contributed by atoms with van der Waals surface area (Å²) in [5.41, 5.74) is 0. The first-order chi connectivity index (χ1) is 7.80. The average molecular weight is 239 g/mol. The van der Waals surface area contributed by atoms with Gasteiger partial charge in [0.2, 0.25) is 0 Å². The summed E-state index contributed by atoms with van der Waals surface area (Å²) in [5.74, 6) is 3.02. The van der Waals surface area contributed by atoms with Crippen LogP contribution in [0.1, 0.15) is 38.9 Å². The zero-order valence-electron chi connectivity index (χ0n) is 10.4. The zero-order chi connectivity index (χ0) is 11.8. The summed E-state index contributed by atoms with van der Waals surface area (Å²) in [7, 11) is 1.90. The molecule has 16 heavy (non-hydrogen) atoms. The van der Waals surface area contributed by atoms with Crippen LogP contribution in [0.3, 0.4) is 0 Å². The van der Waals surface area contributed by atoms with Gasteiger partial charge in [0.15, 0.2) is 0 Å². The first-order valence-corrected chi connectivity index (χ1v) is 6.97. The fraction of sp³-hybridized carbons (Fsp3) is 0.667. The maximum absolute atomic E-state index is 4.55. The molecule has 0 bridgehead atoms. The predicted molar refractivity (Wildman–Crippen MR) is 71.2 cm³/mol. The predicted octanol–water partition coefficient (Wildman–Crippen LogP) is 3.36. The van der Waals surface area contributed by atoms with Gasteiger partial charge in [0.25, 0.3) is 0 Å². The van der Waals surface area contributed by atoms with Crippen molar-refractivity contribution in [1.29, 1.82) is 0 Å². The molecule has 0 spiro atoms. The van der Waals surface area contributed by atoms with E-state index in [2.05, 4.69) is 29.1 Å². The Bertz CT molecular complexity index is 315. The van der Waals surface area contributed by atoms with Crippen molar-refractivity contribution in [2.75, 3.05) is 18.1 Å². The molecule has 0 aliphatic rings. The van der Waals surface area contributed by atoms with Crippen molar-refractivity contribution in [2.24, 2.45) is 0 Å². The van der Waals surface area contributed by atoms with E-state index in [1.54, 1.807) is 0 Å². The fourth-order valence-electron chi connectivity index (χ4n) is 1.33. The second-order valence-corrected chi connectivity index (χ2v) is 4.82. The van der Waals surface area contributed by atoms with E-state index >= 15 is 0 Å². The third-order valence-corrected chi connectivity index (χ3v) is 3.22. The number of hydrogen-bond donors (Lipinski definition) is 1. The van der Waals surface area contributed by atoms with Crippen LogP contribution in [0.5, 0.6) is 0 Å². The number of aryl methyl sites for hydroxylation is 1. The van der Waals surface area contributed by atoms with Gasteiger partial charge >= 0.3 is 0 Å². The Morgan fingerprint density at radius 3 is 2.69 bits per heavy atom. The molecule has 1 aromatic rings. The van der Waals surface area contributed by atoms with Crippen molar-refractivity contribution in [3.63, 3.8) is 0 Å². The molecule has 0 saturated carbocycles. The molecular formula is C12H21N3S. The van der Waals surface area contributed by atoms with E-state index in [0.29, 0.717) is 0 Å². The van der Waals surface area contributed by atoms with Gasteiger partial charge in [-0.15, -0.1) is 11.8 Å². The average Bonchev–Trinajstić information content (AvgIpc) is 2.29. The standard InChI is InChI=1S/C12H21N3S/c1-4-6-8-16-12-9-11(13-3)14-10(15-12)7-5-2/h9H,4-8H2,1-3H3,(H,13,14,15). The quantitative estimate of drug-likeness (QED) is 0.450. The SMILES string of the molecule is CCCCSc1cc(NC)nc(CCC)n1. The molecule has 0 fully saturated rings. The fourth-order valence-corrected chi connectivity index (χ4v) is 2.34. The minimum absolute atomic E-state index is 0.928. The van der Waals surface area contributed by atoms with E-state index in [0.717, 1.165) is 35.3 Å². The largest absolute Gasteiger partial charge is 0.373 e. The van der Waals surface area contributed by atoms with Crippen LogP contribution < -0.4 is 5.32 Å². The molecule has 90 valence electrons. The van der Waals surface area contributed by atoms with Crippen LogP contribution in [0, 0.1) is 0 Å². The van der Waals surface area contributed by atoms with Crippen molar-refractivity contribution < 1.29 is 0 Å². The molecule has 4 heteroatoms. The highest BCUT2D eigenvalue weighted by Gasteiger charge is 2.03. The number of thioether (sulfide) groups is 1. The highest BCUT2D eigenvalue weighted by molar-refractivity contribution is 7.99. The zero-order valence-corrected chi connectivity index (χ0v) is 11.2. The normalized spacial score (nSPS) is 10.4. The monoisotopic (exact) mass is 239 g/mol. The summed E-state index contributed by atoms with van der Waals surface area (Å²) < 4.78 is 0. The van der Waals surface area contributed by atoms with Gasteiger partial charge in [0, 0.05) is 19.5 Å². The van der Waals surface area contributed by atoms with Crippen molar-refractivity contribution >= 4 is 17.6 Å². The van der Waals surface area contributed by atoms with E-state index in [1.807, 2.05) is 24.9 Å². The topological polar surface area (TPSA) is 37.8 Å². The molecule has 3 nitrogen and oxygen atoms in total. The molecule has 0 saturated heterocycles. The maximum Gasteiger partial charge on any atom is 0.132 e. The molecular weight excluding hydrogens is 218 g/mol.